The number of benzene rings is 1. The van der Waals surface area contributed by atoms with Crippen molar-refractivity contribution in [2.75, 3.05) is 11.6 Å². The number of hydrogen-bond donors (Lipinski definition) is 2. The summed E-state index contributed by atoms with van der Waals surface area (Å²) in [6.45, 7) is 1.71. The minimum atomic E-state index is -1.33. The molecule has 1 saturated heterocycles. The quantitative estimate of drug-likeness (QED) is 0.750. The predicted molar refractivity (Wildman–Crippen MR) is 57.6 cm³/mol. The molecule has 1 heterocycles. The number of amides is 1. The van der Waals surface area contributed by atoms with Crippen LogP contribution in [0.15, 0.2) is 24.3 Å². The summed E-state index contributed by atoms with van der Waals surface area (Å²) in [5.41, 5.74) is 2.04. The summed E-state index contributed by atoms with van der Waals surface area (Å²) in [5.74, 6) is -0.391. The van der Waals surface area contributed by atoms with Gasteiger partial charge in [0.05, 0.1) is 12.2 Å². The van der Waals surface area contributed by atoms with E-state index in [1.54, 1.807) is 29.3 Å². The van der Waals surface area contributed by atoms with Gasteiger partial charge in [-0.3, -0.25) is 15.2 Å². The number of nitrogens with zero attached hydrogens (tertiary/aromatic N) is 1. The zero-order chi connectivity index (χ0) is 11.1. The molecule has 1 unspecified atom stereocenters. The first-order valence-corrected chi connectivity index (χ1v) is 4.93. The van der Waals surface area contributed by atoms with Gasteiger partial charge >= 0.3 is 0 Å². The molecule has 2 N–H and O–H groups in total. The third-order valence-corrected chi connectivity index (χ3v) is 2.58. The normalized spacial score (nSPS) is 25.5. The first-order chi connectivity index (χ1) is 6.99. The van der Waals surface area contributed by atoms with Crippen LogP contribution in [0.4, 0.5) is 5.69 Å². The number of anilines is 1. The number of carbonyl (C=O) groups is 1. The van der Waals surface area contributed by atoms with Gasteiger partial charge in [0, 0.05) is 5.02 Å². The van der Waals surface area contributed by atoms with Crippen LogP contribution in [0.5, 0.6) is 0 Å². The minimum Gasteiger partial charge on any atom is -0.378 e. The molecule has 2 rings (SSSR count). The highest BCUT2D eigenvalue weighted by molar-refractivity contribution is 6.30. The summed E-state index contributed by atoms with van der Waals surface area (Å²) in [4.78, 5) is 11.3. The lowest BCUT2D eigenvalue weighted by Gasteiger charge is -2.17. The number of rotatable bonds is 1. The second kappa shape index (κ2) is 3.40. The van der Waals surface area contributed by atoms with Crippen molar-refractivity contribution < 1.29 is 9.90 Å². The van der Waals surface area contributed by atoms with Gasteiger partial charge < -0.3 is 5.11 Å². The summed E-state index contributed by atoms with van der Waals surface area (Å²) in [7, 11) is 0. The van der Waals surface area contributed by atoms with Gasteiger partial charge in [-0.25, -0.2) is 0 Å². The fourth-order valence-corrected chi connectivity index (χ4v) is 1.57. The highest BCUT2D eigenvalue weighted by Gasteiger charge is 2.40. The van der Waals surface area contributed by atoms with Gasteiger partial charge in [-0.15, -0.1) is 0 Å². The van der Waals surface area contributed by atoms with E-state index in [2.05, 4.69) is 5.43 Å². The molecule has 0 aliphatic carbocycles. The maximum absolute atomic E-state index is 11.3. The molecule has 80 valence electrons. The molecule has 1 aliphatic rings. The monoisotopic (exact) mass is 226 g/mol. The lowest BCUT2D eigenvalue weighted by Crippen LogP contribution is -2.36. The fourth-order valence-electron chi connectivity index (χ4n) is 1.44. The van der Waals surface area contributed by atoms with E-state index in [1.807, 2.05) is 0 Å². The molecule has 1 amide bonds. The van der Waals surface area contributed by atoms with Crippen molar-refractivity contribution in [3.63, 3.8) is 0 Å². The number of aliphatic hydroxyl groups is 1. The number of nitrogens with one attached hydrogen (secondary N) is 1. The molecule has 1 aliphatic heterocycles. The summed E-state index contributed by atoms with van der Waals surface area (Å²) in [5, 5.41) is 11.9. The van der Waals surface area contributed by atoms with Crippen molar-refractivity contribution in [1.82, 2.24) is 5.43 Å². The molecule has 0 saturated carbocycles. The number of hydrazine groups is 1. The first-order valence-electron chi connectivity index (χ1n) is 4.56. The van der Waals surface area contributed by atoms with Crippen LogP contribution >= 0.6 is 11.6 Å². The van der Waals surface area contributed by atoms with Crippen LogP contribution in [0.1, 0.15) is 6.92 Å². The maximum Gasteiger partial charge on any atom is 0.272 e. The van der Waals surface area contributed by atoms with Crippen LogP contribution in [0.2, 0.25) is 5.02 Å². The zero-order valence-corrected chi connectivity index (χ0v) is 8.95. The molecule has 4 nitrogen and oxygen atoms in total. The van der Waals surface area contributed by atoms with Crippen molar-refractivity contribution in [3.8, 4) is 0 Å². The summed E-state index contributed by atoms with van der Waals surface area (Å²) in [6.07, 6.45) is 0. The highest BCUT2D eigenvalue weighted by Crippen LogP contribution is 2.22. The summed E-state index contributed by atoms with van der Waals surface area (Å²) >= 11 is 5.75. The molecule has 0 spiro atoms. The highest BCUT2D eigenvalue weighted by atomic mass is 35.5. The molecule has 1 atom stereocenters. The Balaban J connectivity index is 2.21. The van der Waals surface area contributed by atoms with E-state index in [1.165, 1.54) is 6.92 Å². The standard InChI is InChI=1S/C10H11ClN2O2/c1-10(15)6-13(12-9(10)14)8-4-2-7(11)3-5-8/h2-5,15H,6H2,1H3,(H,12,14). The van der Waals surface area contributed by atoms with Crippen molar-refractivity contribution in [1.29, 1.82) is 0 Å². The van der Waals surface area contributed by atoms with Gasteiger partial charge in [0.25, 0.3) is 5.91 Å². The topological polar surface area (TPSA) is 52.6 Å². The van der Waals surface area contributed by atoms with E-state index in [9.17, 15) is 9.90 Å². The van der Waals surface area contributed by atoms with Gasteiger partial charge in [0.2, 0.25) is 0 Å². The Morgan fingerprint density at radius 1 is 1.47 bits per heavy atom. The Hall–Kier alpha value is -1.26. The molecular formula is C10H11ClN2O2. The first kappa shape index (κ1) is 10.3. The third kappa shape index (κ3) is 1.91. The zero-order valence-electron chi connectivity index (χ0n) is 8.20. The van der Waals surface area contributed by atoms with Gasteiger partial charge in [0.1, 0.15) is 0 Å². The fraction of sp³-hybridized carbons (Fsp3) is 0.300. The number of β-amino-alcohol motifs (C(OH)–C–C–N with tert-alkyl or cyclic N) is 1. The number of carbonyl (C=O) groups excluding carboxylic acids is 1. The average Bonchev–Trinajstić information content (AvgIpc) is 2.42. The van der Waals surface area contributed by atoms with Crippen molar-refractivity contribution >= 4 is 23.2 Å². The summed E-state index contributed by atoms with van der Waals surface area (Å²) in [6, 6.07) is 7.03. The van der Waals surface area contributed by atoms with Crippen LogP contribution in [0, 0.1) is 0 Å². The molecule has 1 fully saturated rings. The smallest absolute Gasteiger partial charge is 0.272 e. The SMILES string of the molecule is CC1(O)CN(c2ccc(Cl)cc2)NC1=O. The van der Waals surface area contributed by atoms with Gasteiger partial charge in [-0.1, -0.05) is 11.6 Å². The van der Waals surface area contributed by atoms with Crippen molar-refractivity contribution in [3.05, 3.63) is 29.3 Å². The lowest BCUT2D eigenvalue weighted by atomic mass is 10.1. The minimum absolute atomic E-state index is 0.230. The van der Waals surface area contributed by atoms with E-state index in [0.717, 1.165) is 5.69 Å². The molecule has 15 heavy (non-hydrogen) atoms. The molecule has 5 heteroatoms. The molecule has 1 aromatic rings. The molecule has 0 radical (unpaired) electrons. The Bertz CT molecular complexity index is 389. The van der Waals surface area contributed by atoms with Crippen LogP contribution in [0.25, 0.3) is 0 Å². The number of hydrogen-bond acceptors (Lipinski definition) is 3. The van der Waals surface area contributed by atoms with E-state index in [-0.39, 0.29) is 6.54 Å². The van der Waals surface area contributed by atoms with Crippen LogP contribution in [0.3, 0.4) is 0 Å². The van der Waals surface area contributed by atoms with Crippen LogP contribution < -0.4 is 10.4 Å². The number of halogens is 1. The van der Waals surface area contributed by atoms with E-state index >= 15 is 0 Å². The second-order valence-electron chi connectivity index (χ2n) is 3.78. The van der Waals surface area contributed by atoms with Gasteiger partial charge in [0.15, 0.2) is 5.60 Å². The Labute approximate surface area is 92.4 Å². The van der Waals surface area contributed by atoms with Crippen LogP contribution in [-0.4, -0.2) is 23.2 Å². The Kier molecular flexibility index (Phi) is 2.32. The van der Waals surface area contributed by atoms with Gasteiger partial charge in [-0.2, -0.15) is 0 Å². The molecular weight excluding hydrogens is 216 g/mol. The Morgan fingerprint density at radius 2 is 2.07 bits per heavy atom. The molecule has 1 aromatic carbocycles. The lowest BCUT2D eigenvalue weighted by molar-refractivity contribution is -0.132. The summed E-state index contributed by atoms with van der Waals surface area (Å²) < 4.78 is 0. The van der Waals surface area contributed by atoms with E-state index in [0.29, 0.717) is 5.02 Å². The maximum atomic E-state index is 11.3. The van der Waals surface area contributed by atoms with Crippen molar-refractivity contribution in [2.45, 2.75) is 12.5 Å². The molecule has 0 bridgehead atoms. The van der Waals surface area contributed by atoms with Crippen LogP contribution in [-0.2, 0) is 4.79 Å². The van der Waals surface area contributed by atoms with Crippen molar-refractivity contribution in [2.24, 2.45) is 0 Å². The molecule has 0 aromatic heterocycles. The largest absolute Gasteiger partial charge is 0.378 e. The van der Waals surface area contributed by atoms with E-state index < -0.39 is 11.5 Å². The predicted octanol–water partition coefficient (Wildman–Crippen LogP) is 0.942. The Morgan fingerprint density at radius 3 is 2.53 bits per heavy atom. The van der Waals surface area contributed by atoms with E-state index in [4.69, 9.17) is 11.6 Å². The van der Waals surface area contributed by atoms with Gasteiger partial charge in [-0.05, 0) is 31.2 Å². The average molecular weight is 227 g/mol. The third-order valence-electron chi connectivity index (χ3n) is 2.33. The second-order valence-corrected chi connectivity index (χ2v) is 4.21.